The van der Waals surface area contributed by atoms with Gasteiger partial charge in [0, 0.05) is 0 Å². The Labute approximate surface area is 161 Å². The fourth-order valence-electron chi connectivity index (χ4n) is 2.72. The first-order chi connectivity index (χ1) is 13.3. The molecule has 0 fully saturated rings. The van der Waals surface area contributed by atoms with Crippen LogP contribution < -0.4 is 11.1 Å². The second-order valence-corrected chi connectivity index (χ2v) is 6.52. The molecule has 0 saturated carbocycles. The summed E-state index contributed by atoms with van der Waals surface area (Å²) in [7, 11) is 0. The summed E-state index contributed by atoms with van der Waals surface area (Å²) < 4.78 is 26.1. The minimum Gasteiger partial charge on any atom is -0.508 e. The van der Waals surface area contributed by atoms with Crippen LogP contribution >= 0.6 is 0 Å². The number of aryl methyl sites for hydroxylation is 1. The maximum absolute atomic E-state index is 13.2. The number of carbonyl (C=O) groups is 2. The molecule has 5 N–H and O–H groups in total. The molecule has 2 atom stereocenters. The molecule has 0 aliphatic rings. The summed E-state index contributed by atoms with van der Waals surface area (Å²) in [4.78, 5) is 23.6. The number of aliphatic carboxylic acids is 1. The molecule has 0 radical (unpaired) electrons. The van der Waals surface area contributed by atoms with Gasteiger partial charge in [0.2, 0.25) is 5.91 Å². The number of carbonyl (C=O) groups excluding carboxylic acids is 1. The van der Waals surface area contributed by atoms with Crippen LogP contribution in [0.3, 0.4) is 0 Å². The van der Waals surface area contributed by atoms with Crippen molar-refractivity contribution in [2.75, 3.05) is 0 Å². The number of aromatic hydroxyl groups is 1. The Morgan fingerprint density at radius 2 is 1.68 bits per heavy atom. The number of hydrogen-bond acceptors (Lipinski definition) is 4. The number of phenols is 1. The monoisotopic (exact) mass is 392 g/mol. The van der Waals surface area contributed by atoms with Crippen molar-refractivity contribution in [3.05, 3.63) is 65.2 Å². The highest BCUT2D eigenvalue weighted by atomic mass is 19.2. The maximum atomic E-state index is 13.2. The van der Waals surface area contributed by atoms with Crippen LogP contribution in [0.5, 0.6) is 5.75 Å². The molecule has 1 unspecified atom stereocenters. The van der Waals surface area contributed by atoms with Crippen LogP contribution in [0.2, 0.25) is 0 Å². The number of rotatable bonds is 9. The van der Waals surface area contributed by atoms with Crippen molar-refractivity contribution in [2.45, 2.75) is 37.8 Å². The van der Waals surface area contributed by atoms with E-state index in [0.717, 1.165) is 17.7 Å². The Morgan fingerprint density at radius 1 is 1.04 bits per heavy atom. The molecule has 150 valence electrons. The molecule has 0 saturated heterocycles. The molecule has 0 aromatic heterocycles. The van der Waals surface area contributed by atoms with Crippen molar-refractivity contribution in [1.29, 1.82) is 0 Å². The topological polar surface area (TPSA) is 113 Å². The van der Waals surface area contributed by atoms with Crippen molar-refractivity contribution in [1.82, 2.24) is 5.32 Å². The zero-order chi connectivity index (χ0) is 20.7. The van der Waals surface area contributed by atoms with E-state index in [2.05, 4.69) is 5.32 Å². The van der Waals surface area contributed by atoms with Crippen molar-refractivity contribution >= 4 is 11.9 Å². The highest BCUT2D eigenvalue weighted by molar-refractivity contribution is 5.86. The molecule has 6 nitrogen and oxygen atoms in total. The molecule has 0 heterocycles. The molecular formula is C20H22F2N2O4. The summed E-state index contributed by atoms with van der Waals surface area (Å²) >= 11 is 0. The lowest BCUT2D eigenvalue weighted by Crippen LogP contribution is -2.49. The van der Waals surface area contributed by atoms with Gasteiger partial charge in [-0.1, -0.05) is 18.2 Å². The molecule has 0 spiro atoms. The molecule has 1 amide bonds. The molecule has 2 aromatic rings. The van der Waals surface area contributed by atoms with Gasteiger partial charge in [0.25, 0.3) is 0 Å². The highest BCUT2D eigenvalue weighted by Gasteiger charge is 2.23. The van der Waals surface area contributed by atoms with E-state index in [1.54, 1.807) is 12.1 Å². The van der Waals surface area contributed by atoms with E-state index in [-0.39, 0.29) is 18.6 Å². The van der Waals surface area contributed by atoms with Gasteiger partial charge in [0.15, 0.2) is 11.6 Å². The summed E-state index contributed by atoms with van der Waals surface area (Å²) in [5.41, 5.74) is 7.11. The van der Waals surface area contributed by atoms with Crippen molar-refractivity contribution in [2.24, 2.45) is 5.73 Å². The summed E-state index contributed by atoms with van der Waals surface area (Å²) in [6.07, 6.45) is 1.01. The van der Waals surface area contributed by atoms with Crippen LogP contribution in [-0.4, -0.2) is 34.2 Å². The Morgan fingerprint density at radius 3 is 2.29 bits per heavy atom. The second kappa shape index (κ2) is 9.80. The van der Waals surface area contributed by atoms with Gasteiger partial charge in [0.05, 0.1) is 6.04 Å². The first-order valence-electron chi connectivity index (χ1n) is 8.77. The Balaban J connectivity index is 1.86. The van der Waals surface area contributed by atoms with E-state index < -0.39 is 35.6 Å². The van der Waals surface area contributed by atoms with Crippen LogP contribution in [0.1, 0.15) is 24.0 Å². The van der Waals surface area contributed by atoms with Crippen LogP contribution in [0.15, 0.2) is 42.5 Å². The number of halogens is 2. The van der Waals surface area contributed by atoms with Gasteiger partial charge in [0.1, 0.15) is 11.8 Å². The Kier molecular flexibility index (Phi) is 7.45. The number of hydrogen-bond donors (Lipinski definition) is 4. The quantitative estimate of drug-likeness (QED) is 0.522. The Hall–Kier alpha value is -3.00. The van der Waals surface area contributed by atoms with Crippen LogP contribution in [0.25, 0.3) is 0 Å². The molecule has 2 rings (SSSR count). The molecular weight excluding hydrogens is 370 g/mol. The lowest BCUT2D eigenvalue weighted by molar-refractivity contribution is -0.142. The van der Waals surface area contributed by atoms with Gasteiger partial charge in [-0.2, -0.15) is 0 Å². The SMILES string of the molecule is N[C@@H](Cc1ccc(O)cc1)C(=O)NC(CCCc1ccc(F)c(F)c1)C(=O)O. The number of carboxylic acid groups (broad SMARTS) is 1. The molecule has 0 bridgehead atoms. The van der Waals surface area contributed by atoms with E-state index in [1.807, 2.05) is 0 Å². The van der Waals surface area contributed by atoms with Crippen LogP contribution in [0, 0.1) is 11.6 Å². The molecule has 28 heavy (non-hydrogen) atoms. The minimum atomic E-state index is -1.20. The number of nitrogens with two attached hydrogens (primary N) is 1. The van der Waals surface area contributed by atoms with Crippen LogP contribution in [0.4, 0.5) is 8.78 Å². The van der Waals surface area contributed by atoms with E-state index >= 15 is 0 Å². The fraction of sp³-hybridized carbons (Fsp3) is 0.300. The van der Waals surface area contributed by atoms with Crippen molar-refractivity contribution < 1.29 is 28.6 Å². The summed E-state index contributed by atoms with van der Waals surface area (Å²) in [5, 5.41) is 21.0. The van der Waals surface area contributed by atoms with Gasteiger partial charge in [-0.25, -0.2) is 13.6 Å². The summed E-state index contributed by atoms with van der Waals surface area (Å²) in [5.74, 6) is -3.61. The number of phenolic OH excluding ortho intramolecular Hbond substituents is 1. The average molecular weight is 392 g/mol. The standard InChI is InChI=1S/C20H22F2N2O4/c21-15-9-6-12(10-16(15)22)2-1-3-18(20(27)28)24-19(26)17(23)11-13-4-7-14(25)8-5-13/h4-10,17-18,25H,1-3,11,23H2,(H,24,26)(H,27,28)/t17-,18?/m0/s1. The first kappa shape index (κ1) is 21.3. The minimum absolute atomic E-state index is 0.0914. The number of amides is 1. The summed E-state index contributed by atoms with van der Waals surface area (Å²) in [6, 6.07) is 7.62. The smallest absolute Gasteiger partial charge is 0.326 e. The van der Waals surface area contributed by atoms with Gasteiger partial charge >= 0.3 is 5.97 Å². The van der Waals surface area contributed by atoms with Crippen LogP contribution in [-0.2, 0) is 22.4 Å². The third kappa shape index (κ3) is 6.31. The van der Waals surface area contributed by atoms with Crippen molar-refractivity contribution in [3.63, 3.8) is 0 Å². The zero-order valence-electron chi connectivity index (χ0n) is 15.1. The normalized spacial score (nSPS) is 13.0. The predicted octanol–water partition coefficient (Wildman–Crippen LogP) is 2.13. The average Bonchev–Trinajstić information content (AvgIpc) is 2.65. The lowest BCUT2D eigenvalue weighted by Gasteiger charge is -2.18. The third-order valence-electron chi connectivity index (χ3n) is 4.29. The van der Waals surface area contributed by atoms with E-state index in [1.165, 1.54) is 18.2 Å². The van der Waals surface area contributed by atoms with E-state index in [9.17, 15) is 28.6 Å². The number of carboxylic acids is 1. The van der Waals surface area contributed by atoms with Gasteiger partial charge in [-0.3, -0.25) is 4.79 Å². The molecule has 2 aromatic carbocycles. The molecule has 0 aliphatic heterocycles. The van der Waals surface area contributed by atoms with E-state index in [0.29, 0.717) is 18.4 Å². The first-order valence-corrected chi connectivity index (χ1v) is 8.77. The van der Waals surface area contributed by atoms with Gasteiger partial charge in [-0.15, -0.1) is 0 Å². The molecule has 8 heteroatoms. The summed E-state index contributed by atoms with van der Waals surface area (Å²) in [6.45, 7) is 0. The lowest BCUT2D eigenvalue weighted by atomic mass is 10.0. The van der Waals surface area contributed by atoms with Crippen molar-refractivity contribution in [3.8, 4) is 5.75 Å². The van der Waals surface area contributed by atoms with E-state index in [4.69, 9.17) is 5.73 Å². The third-order valence-corrected chi connectivity index (χ3v) is 4.29. The van der Waals surface area contributed by atoms with Gasteiger partial charge in [-0.05, 0) is 61.1 Å². The highest BCUT2D eigenvalue weighted by Crippen LogP contribution is 2.13. The zero-order valence-corrected chi connectivity index (χ0v) is 15.1. The maximum Gasteiger partial charge on any atom is 0.326 e. The number of benzene rings is 2. The predicted molar refractivity (Wildman–Crippen MR) is 98.6 cm³/mol. The second-order valence-electron chi connectivity index (χ2n) is 6.52. The fourth-order valence-corrected chi connectivity index (χ4v) is 2.72. The van der Waals surface area contributed by atoms with Gasteiger partial charge < -0.3 is 21.3 Å². The Bertz CT molecular complexity index is 827. The number of nitrogens with one attached hydrogen (secondary N) is 1. The molecule has 0 aliphatic carbocycles. The largest absolute Gasteiger partial charge is 0.508 e.